The molecule has 1 rings (SSSR count). The van der Waals surface area contributed by atoms with Crippen LogP contribution in [0.15, 0.2) is 17.2 Å². The summed E-state index contributed by atoms with van der Waals surface area (Å²) in [4.78, 5) is 2.49. The van der Waals surface area contributed by atoms with Crippen LogP contribution in [0.2, 0.25) is 0 Å². The summed E-state index contributed by atoms with van der Waals surface area (Å²) in [5, 5.41) is 21.5. The van der Waals surface area contributed by atoms with E-state index in [0.717, 1.165) is 0 Å². The van der Waals surface area contributed by atoms with Gasteiger partial charge in [0.25, 0.3) is 0 Å². The zero-order valence-corrected chi connectivity index (χ0v) is 6.39. The molecule has 0 saturated heterocycles. The molecule has 0 radical (unpaired) electrons. The average molecular weight is 165 g/mol. The fourth-order valence-corrected chi connectivity index (χ4v) is 0.799. The molecule has 0 aliphatic carbocycles. The Morgan fingerprint density at radius 3 is 2.58 bits per heavy atom. The molecule has 12 heavy (non-hydrogen) atoms. The van der Waals surface area contributed by atoms with Crippen LogP contribution in [0.1, 0.15) is 5.56 Å². The largest absolute Gasteiger partial charge is 0.508 e. The van der Waals surface area contributed by atoms with Gasteiger partial charge in [-0.25, -0.2) is 0 Å². The Morgan fingerprint density at radius 1 is 1.33 bits per heavy atom. The first-order chi connectivity index (χ1) is 5.65. The van der Waals surface area contributed by atoms with E-state index in [0.29, 0.717) is 5.56 Å². The monoisotopic (exact) mass is 165 g/mol. The maximum atomic E-state index is 9.17. The van der Waals surface area contributed by atoms with E-state index in [-0.39, 0.29) is 17.2 Å². The van der Waals surface area contributed by atoms with Crippen molar-refractivity contribution in [3.05, 3.63) is 28.1 Å². The van der Waals surface area contributed by atoms with Crippen LogP contribution in [0.4, 0.5) is 5.69 Å². The number of phenolic OH excluding ortho intramolecular Hbond substituents is 2. The van der Waals surface area contributed by atoms with Crippen LogP contribution in [-0.2, 0) is 0 Å². The summed E-state index contributed by atoms with van der Waals surface area (Å²) in [7, 11) is 0. The molecule has 0 saturated carbocycles. The van der Waals surface area contributed by atoms with Crippen LogP contribution >= 0.6 is 0 Å². The van der Waals surface area contributed by atoms with Gasteiger partial charge in [-0.15, -0.1) is 0 Å². The fraction of sp³-hybridized carbons (Fsp3) is 0.143. The lowest BCUT2D eigenvalue weighted by atomic mass is 10.2. The summed E-state index contributed by atoms with van der Waals surface area (Å²) >= 11 is 0. The molecule has 0 fully saturated rings. The Balaban J connectivity index is 3.32. The topological polar surface area (TPSA) is 89.2 Å². The van der Waals surface area contributed by atoms with Crippen molar-refractivity contribution in [2.45, 2.75) is 6.92 Å². The first kappa shape index (κ1) is 8.23. The Labute approximate surface area is 68.5 Å². The molecule has 0 heterocycles. The summed E-state index contributed by atoms with van der Waals surface area (Å²) in [5.74, 6) is -0.140. The number of aromatic hydroxyl groups is 2. The normalized spacial score (nSPS) is 9.08. The number of hydrogen-bond donors (Lipinski definition) is 2. The van der Waals surface area contributed by atoms with Gasteiger partial charge in [0.1, 0.15) is 11.5 Å². The van der Waals surface area contributed by atoms with Crippen molar-refractivity contribution in [2.75, 3.05) is 0 Å². The van der Waals surface area contributed by atoms with Gasteiger partial charge in [-0.05, 0) is 30.2 Å². The van der Waals surface area contributed by atoms with E-state index in [1.165, 1.54) is 12.1 Å². The molecule has 0 atom stereocenters. The van der Waals surface area contributed by atoms with E-state index in [1.807, 2.05) is 0 Å². The van der Waals surface area contributed by atoms with Crippen molar-refractivity contribution in [1.29, 1.82) is 0 Å². The Hall–Kier alpha value is -1.87. The molecule has 2 N–H and O–H groups in total. The summed E-state index contributed by atoms with van der Waals surface area (Å²) in [5.41, 5.74) is 8.63. The van der Waals surface area contributed by atoms with E-state index in [4.69, 9.17) is 10.6 Å². The highest BCUT2D eigenvalue weighted by molar-refractivity contribution is 5.57. The van der Waals surface area contributed by atoms with Crippen molar-refractivity contribution in [3.8, 4) is 11.5 Å². The minimum absolute atomic E-state index is 0.00444. The predicted molar refractivity (Wildman–Crippen MR) is 43.3 cm³/mol. The SMILES string of the molecule is Cc1cc(O)c(N=[N+]=[N-])cc1O. The van der Waals surface area contributed by atoms with E-state index in [2.05, 4.69) is 10.0 Å². The summed E-state index contributed by atoms with van der Waals surface area (Å²) < 4.78 is 0. The molecule has 5 nitrogen and oxygen atoms in total. The molecule has 0 unspecified atom stereocenters. The third-order valence-electron chi connectivity index (χ3n) is 1.45. The van der Waals surface area contributed by atoms with Crippen LogP contribution in [0, 0.1) is 6.92 Å². The number of rotatable bonds is 1. The van der Waals surface area contributed by atoms with Crippen LogP contribution in [0.25, 0.3) is 10.4 Å². The van der Waals surface area contributed by atoms with Crippen LogP contribution < -0.4 is 0 Å². The Kier molecular flexibility index (Phi) is 2.07. The molecule has 0 aromatic heterocycles. The minimum atomic E-state index is -0.136. The van der Waals surface area contributed by atoms with Gasteiger partial charge in [0.15, 0.2) is 0 Å². The van der Waals surface area contributed by atoms with Gasteiger partial charge in [-0.1, -0.05) is 5.11 Å². The molecule has 5 heteroatoms. The third-order valence-corrected chi connectivity index (χ3v) is 1.45. The van der Waals surface area contributed by atoms with Crippen molar-refractivity contribution in [2.24, 2.45) is 5.11 Å². The Bertz CT molecular complexity index is 356. The molecular weight excluding hydrogens is 158 g/mol. The molecular formula is C7H7N3O2. The third kappa shape index (κ3) is 1.41. The van der Waals surface area contributed by atoms with Gasteiger partial charge in [0.05, 0.1) is 5.69 Å². The number of benzene rings is 1. The number of phenols is 2. The summed E-state index contributed by atoms with van der Waals surface area (Å²) in [6, 6.07) is 2.55. The fourth-order valence-electron chi connectivity index (χ4n) is 0.799. The lowest BCUT2D eigenvalue weighted by Gasteiger charge is -2.01. The molecule has 0 amide bonds. The number of azide groups is 1. The van der Waals surface area contributed by atoms with Crippen molar-refractivity contribution in [1.82, 2.24) is 0 Å². The highest BCUT2D eigenvalue weighted by Crippen LogP contribution is 2.32. The highest BCUT2D eigenvalue weighted by Gasteiger charge is 2.02. The lowest BCUT2D eigenvalue weighted by Crippen LogP contribution is -1.74. The maximum Gasteiger partial charge on any atom is 0.125 e. The summed E-state index contributed by atoms with van der Waals surface area (Å²) in [6.45, 7) is 1.63. The standard InChI is InChI=1S/C7H7N3O2/c1-4-2-7(12)5(9-10-8)3-6(4)11/h2-3,11-12H,1H3. The van der Waals surface area contributed by atoms with Crippen molar-refractivity contribution in [3.63, 3.8) is 0 Å². The quantitative estimate of drug-likeness (QED) is 0.289. The zero-order chi connectivity index (χ0) is 9.14. The van der Waals surface area contributed by atoms with Gasteiger partial charge in [-0.3, -0.25) is 0 Å². The second kappa shape index (κ2) is 3.02. The first-order valence-corrected chi connectivity index (χ1v) is 3.23. The Morgan fingerprint density at radius 2 is 2.00 bits per heavy atom. The van der Waals surface area contributed by atoms with E-state index in [9.17, 15) is 5.11 Å². The minimum Gasteiger partial charge on any atom is -0.508 e. The second-order valence-corrected chi connectivity index (χ2v) is 2.32. The molecule has 0 bridgehead atoms. The predicted octanol–water partition coefficient (Wildman–Crippen LogP) is 2.35. The molecule has 0 spiro atoms. The molecule has 0 aliphatic heterocycles. The molecule has 62 valence electrons. The van der Waals surface area contributed by atoms with Gasteiger partial charge >= 0.3 is 0 Å². The van der Waals surface area contributed by atoms with Crippen LogP contribution in [0.5, 0.6) is 11.5 Å². The van der Waals surface area contributed by atoms with Gasteiger partial charge in [0, 0.05) is 4.91 Å². The molecule has 0 aliphatic rings. The average Bonchev–Trinajstić information content (AvgIpc) is 2.01. The van der Waals surface area contributed by atoms with Crippen LogP contribution in [0.3, 0.4) is 0 Å². The van der Waals surface area contributed by atoms with E-state index >= 15 is 0 Å². The van der Waals surface area contributed by atoms with Crippen molar-refractivity contribution < 1.29 is 10.2 Å². The van der Waals surface area contributed by atoms with Gasteiger partial charge in [0.2, 0.25) is 0 Å². The lowest BCUT2D eigenvalue weighted by molar-refractivity contribution is 0.458. The first-order valence-electron chi connectivity index (χ1n) is 3.23. The zero-order valence-electron chi connectivity index (χ0n) is 6.39. The second-order valence-electron chi connectivity index (χ2n) is 2.32. The highest BCUT2D eigenvalue weighted by atomic mass is 16.3. The smallest absolute Gasteiger partial charge is 0.125 e. The van der Waals surface area contributed by atoms with E-state index < -0.39 is 0 Å². The number of hydrogen-bond acceptors (Lipinski definition) is 3. The molecule has 1 aromatic carbocycles. The van der Waals surface area contributed by atoms with Gasteiger partial charge < -0.3 is 10.2 Å². The number of aryl methyl sites for hydroxylation is 1. The van der Waals surface area contributed by atoms with Gasteiger partial charge in [-0.2, -0.15) is 0 Å². The maximum absolute atomic E-state index is 9.17. The molecule has 1 aromatic rings. The summed E-state index contributed by atoms with van der Waals surface area (Å²) in [6.07, 6.45) is 0. The van der Waals surface area contributed by atoms with E-state index in [1.54, 1.807) is 6.92 Å². The number of nitrogens with zero attached hydrogens (tertiary/aromatic N) is 3. The van der Waals surface area contributed by atoms with Crippen LogP contribution in [-0.4, -0.2) is 10.2 Å². The van der Waals surface area contributed by atoms with Crippen molar-refractivity contribution >= 4 is 5.69 Å².